The van der Waals surface area contributed by atoms with E-state index >= 15 is 0 Å². The Morgan fingerprint density at radius 1 is 1.07 bits per heavy atom. The molecule has 0 aliphatic carbocycles. The van der Waals surface area contributed by atoms with Crippen LogP contribution in [0.4, 0.5) is 5.69 Å². The van der Waals surface area contributed by atoms with Crippen LogP contribution < -0.4 is 5.73 Å². The lowest BCUT2D eigenvalue weighted by Gasteiger charge is -1.83. The van der Waals surface area contributed by atoms with Crippen molar-refractivity contribution in [1.29, 1.82) is 0 Å². The van der Waals surface area contributed by atoms with Crippen molar-refractivity contribution >= 4 is 17.0 Å². The van der Waals surface area contributed by atoms with E-state index in [1.807, 2.05) is 47.8 Å². The second-order valence-electron chi connectivity index (χ2n) is 2.53. The summed E-state index contributed by atoms with van der Waals surface area (Å²) in [6, 6.07) is 13.4. The molecule has 1 aromatic carbocycles. The number of thiophene rings is 1. The largest absolute Gasteiger partial charge is 0.399 e. The first kappa shape index (κ1) is 10.4. The Morgan fingerprint density at radius 3 is 2.07 bits per heavy atom. The van der Waals surface area contributed by atoms with Gasteiger partial charge >= 0.3 is 0 Å². The van der Waals surface area contributed by atoms with E-state index in [0.29, 0.717) is 0 Å². The zero-order valence-electron chi connectivity index (χ0n) is 7.68. The maximum Gasteiger partial charge on any atom is 0.0765 e. The van der Waals surface area contributed by atoms with Crippen molar-refractivity contribution in [1.82, 2.24) is 0 Å². The molecule has 0 saturated heterocycles. The van der Waals surface area contributed by atoms with Crippen LogP contribution >= 0.6 is 11.3 Å². The maximum atomic E-state index is 5.36. The quantitative estimate of drug-likeness (QED) is 0.514. The van der Waals surface area contributed by atoms with E-state index in [1.165, 1.54) is 0 Å². The van der Waals surface area contributed by atoms with Crippen molar-refractivity contribution in [2.75, 3.05) is 5.73 Å². The number of terminal acetylenes is 1. The van der Waals surface area contributed by atoms with Gasteiger partial charge in [-0.15, -0.1) is 17.8 Å². The predicted molar refractivity (Wildman–Crippen MR) is 63.1 cm³/mol. The van der Waals surface area contributed by atoms with Crippen LogP contribution in [0.1, 0.15) is 4.88 Å². The molecule has 0 bridgehead atoms. The van der Waals surface area contributed by atoms with Gasteiger partial charge in [0.05, 0.1) is 4.88 Å². The first-order valence-corrected chi connectivity index (χ1v) is 5.01. The molecule has 0 saturated carbocycles. The number of anilines is 1. The number of nitrogen functional groups attached to an aromatic ring is 1. The van der Waals surface area contributed by atoms with Gasteiger partial charge in [0.2, 0.25) is 0 Å². The molecule has 0 unspecified atom stereocenters. The van der Waals surface area contributed by atoms with Crippen molar-refractivity contribution in [3.8, 4) is 12.3 Å². The van der Waals surface area contributed by atoms with E-state index in [-0.39, 0.29) is 0 Å². The molecule has 0 spiro atoms. The van der Waals surface area contributed by atoms with Crippen LogP contribution in [-0.4, -0.2) is 0 Å². The molecular formula is C12H11NS. The normalized spacial score (nSPS) is 8.21. The summed E-state index contributed by atoms with van der Waals surface area (Å²) in [5.41, 5.74) is 6.18. The smallest absolute Gasteiger partial charge is 0.0765 e. The fourth-order valence-electron chi connectivity index (χ4n) is 0.814. The Morgan fingerprint density at radius 2 is 1.79 bits per heavy atom. The van der Waals surface area contributed by atoms with Gasteiger partial charge in [-0.25, -0.2) is 0 Å². The van der Waals surface area contributed by atoms with E-state index < -0.39 is 0 Å². The first-order chi connectivity index (χ1) is 6.83. The lowest BCUT2D eigenvalue weighted by molar-refractivity contribution is 1.69. The highest BCUT2D eigenvalue weighted by Gasteiger charge is 1.79. The molecule has 0 fully saturated rings. The molecule has 0 atom stereocenters. The molecule has 70 valence electrons. The van der Waals surface area contributed by atoms with Crippen LogP contribution in [0.2, 0.25) is 0 Å². The highest BCUT2D eigenvalue weighted by molar-refractivity contribution is 7.10. The van der Waals surface area contributed by atoms with Gasteiger partial charge in [-0.1, -0.05) is 30.2 Å². The summed E-state index contributed by atoms with van der Waals surface area (Å²) in [4.78, 5) is 1.00. The van der Waals surface area contributed by atoms with Crippen LogP contribution in [0.15, 0.2) is 47.8 Å². The minimum atomic E-state index is 0.822. The topological polar surface area (TPSA) is 26.0 Å². The number of rotatable bonds is 0. The van der Waals surface area contributed by atoms with Gasteiger partial charge in [0, 0.05) is 5.69 Å². The Bertz CT molecular complexity index is 384. The number of benzene rings is 1. The number of hydrogen-bond donors (Lipinski definition) is 1. The van der Waals surface area contributed by atoms with Gasteiger partial charge in [-0.2, -0.15) is 0 Å². The highest BCUT2D eigenvalue weighted by atomic mass is 32.1. The maximum absolute atomic E-state index is 5.36. The van der Waals surface area contributed by atoms with E-state index in [1.54, 1.807) is 11.3 Å². The summed E-state index contributed by atoms with van der Waals surface area (Å²) in [6.45, 7) is 0. The van der Waals surface area contributed by atoms with Crippen molar-refractivity contribution in [3.63, 3.8) is 0 Å². The summed E-state index contributed by atoms with van der Waals surface area (Å²) in [5, 5.41) is 1.97. The lowest BCUT2D eigenvalue weighted by Crippen LogP contribution is -1.79. The average molecular weight is 201 g/mol. The average Bonchev–Trinajstić information content (AvgIpc) is 2.72. The third-order valence-electron chi connectivity index (χ3n) is 1.46. The second kappa shape index (κ2) is 5.85. The van der Waals surface area contributed by atoms with E-state index in [2.05, 4.69) is 5.92 Å². The van der Waals surface area contributed by atoms with Gasteiger partial charge in [-0.05, 0) is 23.6 Å². The third kappa shape index (κ3) is 3.79. The molecule has 2 aromatic rings. The number of para-hydroxylation sites is 1. The predicted octanol–water partition coefficient (Wildman–Crippen LogP) is 3.00. The van der Waals surface area contributed by atoms with E-state index in [4.69, 9.17) is 12.2 Å². The van der Waals surface area contributed by atoms with Crippen LogP contribution in [-0.2, 0) is 0 Å². The van der Waals surface area contributed by atoms with Gasteiger partial charge in [0.15, 0.2) is 0 Å². The van der Waals surface area contributed by atoms with Crippen molar-refractivity contribution < 1.29 is 0 Å². The Hall–Kier alpha value is -1.72. The highest BCUT2D eigenvalue weighted by Crippen LogP contribution is 2.04. The Balaban J connectivity index is 0.000000140. The van der Waals surface area contributed by atoms with Gasteiger partial charge in [-0.3, -0.25) is 0 Å². The van der Waals surface area contributed by atoms with Crippen LogP contribution in [0, 0.1) is 12.3 Å². The molecule has 2 heteroatoms. The number of nitrogens with two attached hydrogens (primary N) is 1. The summed E-state index contributed by atoms with van der Waals surface area (Å²) in [6.07, 6.45) is 5.05. The second-order valence-corrected chi connectivity index (χ2v) is 3.48. The summed E-state index contributed by atoms with van der Waals surface area (Å²) in [7, 11) is 0. The van der Waals surface area contributed by atoms with E-state index in [0.717, 1.165) is 10.6 Å². The van der Waals surface area contributed by atoms with E-state index in [9.17, 15) is 0 Å². The van der Waals surface area contributed by atoms with Crippen molar-refractivity contribution in [3.05, 3.63) is 52.7 Å². The van der Waals surface area contributed by atoms with Gasteiger partial charge in [0.1, 0.15) is 0 Å². The van der Waals surface area contributed by atoms with Crippen molar-refractivity contribution in [2.24, 2.45) is 0 Å². The third-order valence-corrected chi connectivity index (χ3v) is 2.26. The molecule has 0 aliphatic rings. The van der Waals surface area contributed by atoms with Crippen LogP contribution in [0.5, 0.6) is 0 Å². The molecule has 0 amide bonds. The summed E-state index contributed by atoms with van der Waals surface area (Å²) < 4.78 is 0. The van der Waals surface area contributed by atoms with Gasteiger partial charge < -0.3 is 5.73 Å². The molecule has 2 N–H and O–H groups in total. The fraction of sp³-hybridized carbons (Fsp3) is 0. The fourth-order valence-corrected chi connectivity index (χ4v) is 1.34. The zero-order valence-corrected chi connectivity index (χ0v) is 8.50. The minimum Gasteiger partial charge on any atom is -0.399 e. The lowest BCUT2D eigenvalue weighted by atomic mass is 10.3. The zero-order chi connectivity index (χ0) is 10.2. The Kier molecular flexibility index (Phi) is 4.33. The SMILES string of the molecule is C#Cc1cccs1.Nc1ccccc1. The number of hydrogen-bond acceptors (Lipinski definition) is 2. The van der Waals surface area contributed by atoms with Crippen LogP contribution in [0.25, 0.3) is 0 Å². The monoisotopic (exact) mass is 201 g/mol. The van der Waals surface area contributed by atoms with Crippen LogP contribution in [0.3, 0.4) is 0 Å². The minimum absolute atomic E-state index is 0.822. The molecule has 1 nitrogen and oxygen atoms in total. The summed E-state index contributed by atoms with van der Waals surface area (Å²) >= 11 is 1.59. The molecule has 14 heavy (non-hydrogen) atoms. The van der Waals surface area contributed by atoms with Gasteiger partial charge in [0.25, 0.3) is 0 Å². The molecule has 0 aliphatic heterocycles. The molecule has 1 heterocycles. The molecular weight excluding hydrogens is 190 g/mol. The molecule has 2 rings (SSSR count). The summed E-state index contributed by atoms with van der Waals surface area (Å²) in [5.74, 6) is 2.53. The molecule has 1 aromatic heterocycles. The Labute approximate surface area is 88.2 Å². The standard InChI is InChI=1S/C6H7N.C6H4S/c7-6-4-2-1-3-5-6;1-2-6-4-3-5-7-6/h1-5H,7H2;1,3-5H. The van der Waals surface area contributed by atoms with Crippen molar-refractivity contribution in [2.45, 2.75) is 0 Å². The molecule has 0 radical (unpaired) electrons. The first-order valence-electron chi connectivity index (χ1n) is 4.13.